The van der Waals surface area contributed by atoms with E-state index < -0.39 is 0 Å². The monoisotopic (exact) mass is 1950 g/mol. The van der Waals surface area contributed by atoms with Gasteiger partial charge in [-0.3, -0.25) is 48.5 Å². The van der Waals surface area contributed by atoms with Crippen LogP contribution in [0.2, 0.25) is 0 Å². The SMILES string of the molecule is C=C1NC(=O)C/C1=C\c1cnn2c(NC3CC3)cc(-c3csc(C(=O)N(C)CCCN(C)C)c3)nc12.C=C1NC(=O)C/C1=C\c1cnn2c(NC3CC3)cc(-c3csc(C(=O)NC4CC4)c3)nc12.C=C1NC(=O)C/C1=C\c1cnn2c(NC3CC3)cc(-c3csc(C(=O)NCCCN(C)C)c3)nc12.CC1CN(C(=O)c2cc(-c3cc(NC4CC4)n4ncc(/C=C5\CC(=O)NC5=O)c4n3)cs2)CC(C)O1. The minimum atomic E-state index is -0.389. The third kappa shape index (κ3) is 22.6. The maximum atomic E-state index is 13.2. The molecule has 36 nitrogen and oxygen atoms in total. The van der Waals surface area contributed by atoms with E-state index in [1.165, 1.54) is 45.3 Å². The largest absolute Gasteiger partial charge is 0.372 e. The number of thiophene rings is 4. The van der Waals surface area contributed by atoms with Gasteiger partial charge in [0.2, 0.25) is 23.6 Å². The number of nitrogens with one attached hydrogen (secondary N) is 10. The van der Waals surface area contributed by atoms with Crippen molar-refractivity contribution in [3.8, 4) is 45.0 Å². The van der Waals surface area contributed by atoms with E-state index in [-0.39, 0.29) is 71.8 Å². The molecular formula is C99H108N26O10S4. The Morgan fingerprint density at radius 3 is 1.11 bits per heavy atom. The van der Waals surface area contributed by atoms with Gasteiger partial charge in [-0.15, -0.1) is 45.3 Å². The molecule has 0 radical (unpaired) electrons. The van der Waals surface area contributed by atoms with Crippen molar-refractivity contribution in [2.24, 2.45) is 0 Å². The van der Waals surface area contributed by atoms with E-state index in [0.29, 0.717) is 152 Å². The smallest absolute Gasteiger partial charge is 0.264 e. The van der Waals surface area contributed by atoms with Gasteiger partial charge in [-0.25, -0.2) is 19.9 Å². The molecule has 22 rings (SSSR count). The molecule has 10 fully saturated rings. The highest BCUT2D eigenvalue weighted by Crippen LogP contribution is 2.40. The fourth-order valence-corrected chi connectivity index (χ4v) is 19.9. The van der Waals surface area contributed by atoms with Crippen LogP contribution in [0.1, 0.15) is 178 Å². The van der Waals surface area contributed by atoms with Gasteiger partial charge in [-0.05, 0) is 197 Å². The van der Waals surface area contributed by atoms with Crippen molar-refractivity contribution in [1.82, 2.24) is 110 Å². The molecule has 5 aliphatic carbocycles. The van der Waals surface area contributed by atoms with Gasteiger partial charge in [0.05, 0.1) is 105 Å². The molecule has 718 valence electrons. The van der Waals surface area contributed by atoms with Gasteiger partial charge < -0.3 is 72.2 Å². The van der Waals surface area contributed by atoms with Crippen LogP contribution in [0.4, 0.5) is 23.3 Å². The molecule has 0 spiro atoms. The van der Waals surface area contributed by atoms with Crippen molar-refractivity contribution in [3.05, 3.63) is 196 Å². The highest BCUT2D eigenvalue weighted by atomic mass is 32.1. The minimum absolute atomic E-state index is 0.00246. The molecule has 0 bridgehead atoms. The number of nitrogens with zero attached hydrogens (tertiary/aromatic N) is 16. The van der Waals surface area contributed by atoms with Gasteiger partial charge >= 0.3 is 0 Å². The van der Waals surface area contributed by atoms with E-state index in [1.54, 1.807) is 53.8 Å². The van der Waals surface area contributed by atoms with Crippen molar-refractivity contribution in [2.45, 2.75) is 159 Å². The number of amides is 9. The lowest BCUT2D eigenvalue weighted by Crippen LogP contribution is -2.48. The number of hydrogen-bond donors (Lipinski definition) is 10. The van der Waals surface area contributed by atoms with Crippen LogP contribution >= 0.6 is 45.3 Å². The van der Waals surface area contributed by atoms with Crippen LogP contribution in [0, 0.1) is 0 Å². The Morgan fingerprint density at radius 2 is 0.755 bits per heavy atom. The number of rotatable bonds is 29. The first-order valence-corrected chi connectivity index (χ1v) is 50.2. The summed E-state index contributed by atoms with van der Waals surface area (Å²) in [6.45, 7) is 20.1. The lowest BCUT2D eigenvalue weighted by atomic mass is 10.1. The summed E-state index contributed by atoms with van der Waals surface area (Å²) in [6, 6.07) is 17.5. The maximum Gasteiger partial charge on any atom is 0.264 e. The summed E-state index contributed by atoms with van der Waals surface area (Å²) >= 11 is 5.68. The van der Waals surface area contributed by atoms with Crippen LogP contribution < -0.4 is 53.2 Å². The predicted octanol–water partition coefficient (Wildman–Crippen LogP) is 12.7. The highest BCUT2D eigenvalue weighted by Gasteiger charge is 2.35. The van der Waals surface area contributed by atoms with E-state index in [0.717, 1.165) is 186 Å². The van der Waals surface area contributed by atoms with Crippen LogP contribution in [0.15, 0.2) is 154 Å². The van der Waals surface area contributed by atoms with E-state index >= 15 is 0 Å². The minimum Gasteiger partial charge on any atom is -0.372 e. The van der Waals surface area contributed by atoms with Gasteiger partial charge in [0.15, 0.2) is 22.6 Å². The number of aromatic nitrogens is 12. The molecule has 0 aromatic carbocycles. The zero-order chi connectivity index (χ0) is 96.7. The van der Waals surface area contributed by atoms with Gasteiger partial charge in [-0.1, -0.05) is 19.7 Å². The second-order valence-corrected chi connectivity index (χ2v) is 40.9. The number of ether oxygens (including phenoxy) is 1. The molecule has 12 aromatic heterocycles. The van der Waals surface area contributed by atoms with E-state index in [9.17, 15) is 43.2 Å². The molecule has 5 saturated heterocycles. The Hall–Kier alpha value is -14.0. The Bertz CT molecular complexity index is 7080. The summed E-state index contributed by atoms with van der Waals surface area (Å²) in [6.07, 6.45) is 28.2. The number of imide groups is 1. The Morgan fingerprint density at radius 1 is 0.424 bits per heavy atom. The predicted molar refractivity (Wildman–Crippen MR) is 539 cm³/mol. The van der Waals surface area contributed by atoms with Crippen molar-refractivity contribution < 1.29 is 47.9 Å². The maximum absolute atomic E-state index is 13.2. The first-order valence-electron chi connectivity index (χ1n) is 46.7. The molecule has 2 atom stereocenters. The average Bonchev–Trinajstić information content (AvgIpc) is 1.63. The zero-order valence-electron chi connectivity index (χ0n) is 78.1. The number of carbonyl (C=O) groups excluding carboxylic acids is 9. The van der Waals surface area contributed by atoms with Crippen LogP contribution in [-0.2, 0) is 28.7 Å². The highest BCUT2D eigenvalue weighted by molar-refractivity contribution is 7.13. The van der Waals surface area contributed by atoms with Crippen molar-refractivity contribution in [2.75, 3.05) is 95.8 Å². The van der Waals surface area contributed by atoms with Gasteiger partial charge in [0, 0.05) is 176 Å². The molecule has 139 heavy (non-hydrogen) atoms. The number of anilines is 4. The van der Waals surface area contributed by atoms with Crippen LogP contribution in [0.25, 0.3) is 91.9 Å². The molecule has 17 heterocycles. The molecule has 10 N–H and O–H groups in total. The molecule has 12 aromatic rings. The van der Waals surface area contributed by atoms with Crippen LogP contribution in [0.3, 0.4) is 0 Å². The van der Waals surface area contributed by atoms with Crippen LogP contribution in [-0.4, -0.2) is 248 Å². The second-order valence-electron chi connectivity index (χ2n) is 37.3. The van der Waals surface area contributed by atoms with Crippen molar-refractivity contribution >= 4 is 169 Å². The summed E-state index contributed by atoms with van der Waals surface area (Å²) in [5.74, 6) is 2.44. The number of hydrogen-bond acceptors (Lipinski definition) is 28. The number of morpholine rings is 1. The normalized spacial score (nSPS) is 19.2. The average molecular weight is 1950 g/mol. The lowest BCUT2D eigenvalue weighted by Gasteiger charge is -2.35. The third-order valence-corrected chi connectivity index (χ3v) is 28.3. The van der Waals surface area contributed by atoms with Gasteiger partial charge in [-0.2, -0.15) is 38.5 Å². The standard InChI is InChI=1S/C26H31N7O2S.C25H29N7O2S.C25H26N6O4S.C23H22N6O2S/c1-16-17(12-24(34)28-16)10-18-14-27-33-23(29-20-6-7-20)13-21(30-25(18)33)19-11-22(36-15-19)26(35)32(4)9-5-8-31(2)3;1-15-16(11-23(33)28-15)9-17-13-27-32-22(29-19-5-6-19)12-20(30-24(17)32)18-10-21(35-14-18)25(34)26-7-4-8-31(2)3;1-13-10-30(11-14(2)35-13)25(34)20-6-17(12-36-20)19-8-21(27-18-3-4-18)31-23(28-19)16(9-26-31)5-15-7-22(32)29-24(15)33;1-12-13(8-21(30)25-12)6-14-10-24-29-20(26-16-2-3-16)9-18(28-22(14)29)15-7-19(32-11-15)23(31)27-17-4-5-17/h10-11,13-15,20,29H,1,5-9,12H2,2-4H3,(H,28,34);9-10,12-14,19,29H,1,4-8,11H2,2-3H3,(H,26,34)(H,28,33);5-6,8-9,12-14,18,27H,3-4,7,10-11H2,1-2H3,(H,29,32,33);6-7,9-11,16-17,26H,1-5,8H2,(H,25,30)(H,27,31)/b17-10+;16-9+;15-5+;13-6+. The molecule has 10 aliphatic rings. The van der Waals surface area contributed by atoms with E-state index in [2.05, 4.69) is 103 Å². The summed E-state index contributed by atoms with van der Waals surface area (Å²) in [7, 11) is 9.96. The Balaban J connectivity index is 0.000000118. The fourth-order valence-electron chi connectivity index (χ4n) is 16.5. The number of allylic oxidation sites excluding steroid dienone is 3. The first-order chi connectivity index (χ1) is 67.0. The quantitative estimate of drug-likeness (QED) is 0.0118. The van der Waals surface area contributed by atoms with Gasteiger partial charge in [0.25, 0.3) is 29.5 Å². The fraction of sp³-hybridized carbons (Fsp3) is 0.364. The number of fused-ring (bicyclic) bond motifs is 4. The first kappa shape index (κ1) is 94.0. The zero-order valence-corrected chi connectivity index (χ0v) is 81.4. The lowest BCUT2D eigenvalue weighted by molar-refractivity contribution is -0.124. The van der Waals surface area contributed by atoms with E-state index in [4.69, 9.17) is 24.7 Å². The Kier molecular flexibility index (Phi) is 27.2. The summed E-state index contributed by atoms with van der Waals surface area (Å²) in [5.41, 5.74) is 17.0. The third-order valence-electron chi connectivity index (χ3n) is 24.6. The summed E-state index contributed by atoms with van der Waals surface area (Å²) in [5, 5.41) is 56.7. The Labute approximate surface area is 816 Å². The van der Waals surface area contributed by atoms with Crippen LogP contribution in [0.5, 0.6) is 0 Å². The van der Waals surface area contributed by atoms with Crippen molar-refractivity contribution in [3.63, 3.8) is 0 Å². The molecular weight excluding hydrogens is 1840 g/mol. The molecule has 40 heteroatoms. The summed E-state index contributed by atoms with van der Waals surface area (Å²) < 4.78 is 12.9. The van der Waals surface area contributed by atoms with Gasteiger partial charge in [0.1, 0.15) is 23.3 Å². The molecule has 2 unspecified atom stereocenters. The van der Waals surface area contributed by atoms with Crippen molar-refractivity contribution in [1.29, 1.82) is 0 Å². The molecule has 5 saturated carbocycles. The molecule has 5 aliphatic heterocycles. The number of carbonyl (C=O) groups is 9. The summed E-state index contributed by atoms with van der Waals surface area (Å²) in [4.78, 5) is 140. The molecule has 9 amide bonds. The topological polar surface area (TPSA) is 417 Å². The second kappa shape index (κ2) is 40.2. The van der Waals surface area contributed by atoms with E-state index in [1.807, 2.05) is 142 Å².